The van der Waals surface area contributed by atoms with E-state index < -0.39 is 11.7 Å². The molecule has 0 saturated heterocycles. The third-order valence-corrected chi connectivity index (χ3v) is 4.30. The molecule has 0 saturated carbocycles. The minimum absolute atomic E-state index is 0.0459. The molecular weight excluding hydrogens is 323 g/mol. The number of carbonyl (C=O) groups excluding carboxylic acids is 1. The summed E-state index contributed by atoms with van der Waals surface area (Å²) in [6.07, 6.45) is -1.63. The van der Waals surface area contributed by atoms with E-state index in [0.717, 1.165) is 23.4 Å². The topological polar surface area (TPSA) is 59.4 Å². The summed E-state index contributed by atoms with van der Waals surface area (Å²) in [6, 6.07) is 1.11. The van der Waals surface area contributed by atoms with Crippen LogP contribution in [0.2, 0.25) is 0 Å². The summed E-state index contributed by atoms with van der Waals surface area (Å²) in [5, 5.41) is 0. The molecule has 0 radical (unpaired) electrons. The minimum atomic E-state index is -4.46. The van der Waals surface area contributed by atoms with Crippen LogP contribution in [0.5, 0.6) is 0 Å². The first-order chi connectivity index (χ1) is 11.3. The molecule has 0 bridgehead atoms. The lowest BCUT2D eigenvalue weighted by Crippen LogP contribution is -2.50. The molecule has 1 aromatic heterocycles. The van der Waals surface area contributed by atoms with E-state index in [-0.39, 0.29) is 18.4 Å². The summed E-state index contributed by atoms with van der Waals surface area (Å²) >= 11 is 0. The van der Waals surface area contributed by atoms with E-state index in [1.807, 2.05) is 6.92 Å². The van der Waals surface area contributed by atoms with Gasteiger partial charge in [0.15, 0.2) is 0 Å². The second-order valence-corrected chi connectivity index (χ2v) is 6.05. The molecule has 0 aromatic carbocycles. The highest BCUT2D eigenvalue weighted by molar-refractivity contribution is 5.78. The van der Waals surface area contributed by atoms with Gasteiger partial charge in [-0.05, 0) is 25.5 Å². The maximum atomic E-state index is 13.0. The van der Waals surface area contributed by atoms with Gasteiger partial charge < -0.3 is 10.6 Å². The van der Waals surface area contributed by atoms with Gasteiger partial charge in [-0.2, -0.15) is 13.2 Å². The second kappa shape index (κ2) is 7.38. The van der Waals surface area contributed by atoms with Crippen molar-refractivity contribution in [3.05, 3.63) is 29.1 Å². The van der Waals surface area contributed by atoms with Crippen LogP contribution in [0.25, 0.3) is 0 Å². The Morgan fingerprint density at radius 2 is 2.21 bits per heavy atom. The molecular formula is C16H23F3N3O2+. The predicted molar refractivity (Wildman–Crippen MR) is 80.7 cm³/mol. The van der Waals surface area contributed by atoms with Gasteiger partial charge in [-0.1, -0.05) is 6.92 Å². The fourth-order valence-electron chi connectivity index (χ4n) is 2.95. The molecule has 2 heterocycles. The zero-order valence-corrected chi connectivity index (χ0v) is 13.9. The highest BCUT2D eigenvalue weighted by Gasteiger charge is 2.38. The van der Waals surface area contributed by atoms with Crippen LogP contribution in [0.1, 0.15) is 36.6 Å². The first kappa shape index (κ1) is 18.5. The van der Waals surface area contributed by atoms with Crippen LogP contribution < -0.4 is 15.3 Å². The minimum Gasteiger partial charge on any atom is -0.337 e. The Kier molecular flexibility index (Phi) is 5.69. The number of amides is 1. The highest BCUT2D eigenvalue weighted by atomic mass is 19.4. The smallest absolute Gasteiger partial charge is 0.337 e. The quantitative estimate of drug-likeness (QED) is 0.818. The molecule has 1 aromatic rings. The average molecular weight is 346 g/mol. The lowest BCUT2D eigenvalue weighted by molar-refractivity contribution is -0.891. The summed E-state index contributed by atoms with van der Waals surface area (Å²) in [7, 11) is 1.33. The molecule has 0 aliphatic carbocycles. The third kappa shape index (κ3) is 3.98. The van der Waals surface area contributed by atoms with Gasteiger partial charge in [-0.15, -0.1) is 0 Å². The van der Waals surface area contributed by atoms with E-state index in [1.165, 1.54) is 7.11 Å². The number of pyridine rings is 1. The first-order valence-electron chi connectivity index (χ1n) is 7.96. The third-order valence-electron chi connectivity index (χ3n) is 4.30. The van der Waals surface area contributed by atoms with E-state index in [9.17, 15) is 18.0 Å². The van der Waals surface area contributed by atoms with Gasteiger partial charge >= 0.3 is 6.18 Å². The number of hydrogen-bond acceptors (Lipinski definition) is 3. The number of halogens is 3. The van der Waals surface area contributed by atoms with Crippen molar-refractivity contribution in [1.82, 2.24) is 4.90 Å². The van der Waals surface area contributed by atoms with Crippen molar-refractivity contribution in [2.75, 3.05) is 20.2 Å². The van der Waals surface area contributed by atoms with Crippen LogP contribution in [-0.2, 0) is 23.9 Å². The molecule has 0 unspecified atom stereocenters. The zero-order valence-electron chi connectivity index (χ0n) is 13.9. The number of alkyl halides is 3. The Balaban J connectivity index is 2.24. The van der Waals surface area contributed by atoms with Gasteiger partial charge in [-0.3, -0.25) is 9.63 Å². The monoisotopic (exact) mass is 346 g/mol. The van der Waals surface area contributed by atoms with E-state index in [1.54, 1.807) is 4.90 Å². The van der Waals surface area contributed by atoms with Crippen molar-refractivity contribution >= 4 is 5.91 Å². The Morgan fingerprint density at radius 1 is 1.50 bits per heavy atom. The standard InChI is InChI=1S/C16H23F3N3O2/c1-11(4-3-6-20)15(23)21-7-5-14-12(9-21)8-13(16(17,18)19)10-22(14)24-2/h8,10-11H,3-7,9,20H2,1-2H3/q+1/t11-/m1/s1. The zero-order chi connectivity index (χ0) is 17.9. The van der Waals surface area contributed by atoms with E-state index in [0.29, 0.717) is 37.2 Å². The van der Waals surface area contributed by atoms with Gasteiger partial charge in [0, 0.05) is 22.8 Å². The van der Waals surface area contributed by atoms with Gasteiger partial charge in [-0.25, -0.2) is 0 Å². The van der Waals surface area contributed by atoms with E-state index >= 15 is 0 Å². The Bertz CT molecular complexity index is 605. The molecule has 24 heavy (non-hydrogen) atoms. The lowest BCUT2D eigenvalue weighted by atomic mass is 9.99. The number of hydrogen-bond donors (Lipinski definition) is 1. The SMILES string of the molecule is CO[n+]1cc(C(F)(F)F)cc2c1CCN(C(=O)[C@H](C)CCCN)C2. The van der Waals surface area contributed by atoms with Crippen LogP contribution in [0, 0.1) is 5.92 Å². The normalized spacial score (nSPS) is 15.8. The predicted octanol–water partition coefficient (Wildman–Crippen LogP) is 1.31. The maximum absolute atomic E-state index is 13.0. The Labute approximate surface area is 139 Å². The molecule has 0 fully saturated rings. The van der Waals surface area contributed by atoms with Crippen molar-refractivity contribution in [2.24, 2.45) is 11.7 Å². The van der Waals surface area contributed by atoms with Crippen LogP contribution in [0.15, 0.2) is 12.3 Å². The molecule has 1 atom stereocenters. The molecule has 2 rings (SSSR count). The van der Waals surface area contributed by atoms with Gasteiger partial charge in [0.2, 0.25) is 17.8 Å². The van der Waals surface area contributed by atoms with Gasteiger partial charge in [0.05, 0.1) is 13.0 Å². The number of aromatic nitrogens is 1. The number of nitrogens with two attached hydrogens (primary N) is 1. The fraction of sp³-hybridized carbons (Fsp3) is 0.625. The van der Waals surface area contributed by atoms with Crippen LogP contribution in [0.3, 0.4) is 0 Å². The largest absolute Gasteiger partial charge is 0.422 e. The number of fused-ring (bicyclic) bond motifs is 1. The van der Waals surface area contributed by atoms with Gasteiger partial charge in [0.1, 0.15) is 12.7 Å². The summed E-state index contributed by atoms with van der Waals surface area (Å²) in [5.41, 5.74) is 5.82. The van der Waals surface area contributed by atoms with Crippen LogP contribution >= 0.6 is 0 Å². The van der Waals surface area contributed by atoms with Crippen molar-refractivity contribution in [3.8, 4) is 0 Å². The fourth-order valence-corrected chi connectivity index (χ4v) is 2.95. The molecule has 8 heteroatoms. The van der Waals surface area contributed by atoms with Crippen molar-refractivity contribution in [2.45, 2.75) is 38.9 Å². The molecule has 1 amide bonds. The average Bonchev–Trinajstić information content (AvgIpc) is 2.56. The molecule has 1 aliphatic heterocycles. The molecule has 2 N–H and O–H groups in total. The molecule has 134 valence electrons. The van der Waals surface area contributed by atoms with E-state index in [2.05, 4.69) is 0 Å². The van der Waals surface area contributed by atoms with Crippen LogP contribution in [-0.4, -0.2) is 31.0 Å². The number of nitrogens with zero attached hydrogens (tertiary/aromatic N) is 2. The number of carbonyl (C=O) groups is 1. The Morgan fingerprint density at radius 3 is 2.79 bits per heavy atom. The molecule has 0 spiro atoms. The number of rotatable bonds is 5. The summed E-state index contributed by atoms with van der Waals surface area (Å²) in [5.74, 6) is -0.231. The molecule has 5 nitrogen and oxygen atoms in total. The van der Waals surface area contributed by atoms with Crippen molar-refractivity contribution < 1.29 is 27.5 Å². The summed E-state index contributed by atoms with van der Waals surface area (Å²) in [4.78, 5) is 19.1. The van der Waals surface area contributed by atoms with Crippen molar-refractivity contribution in [3.63, 3.8) is 0 Å². The second-order valence-electron chi connectivity index (χ2n) is 6.05. The summed E-state index contributed by atoms with van der Waals surface area (Å²) in [6.45, 7) is 2.97. The maximum Gasteiger partial charge on any atom is 0.422 e. The first-order valence-corrected chi connectivity index (χ1v) is 7.96. The lowest BCUT2D eigenvalue weighted by Gasteiger charge is -2.29. The highest BCUT2D eigenvalue weighted by Crippen LogP contribution is 2.30. The molecule has 1 aliphatic rings. The summed E-state index contributed by atoms with van der Waals surface area (Å²) < 4.78 is 40.3. The van der Waals surface area contributed by atoms with Gasteiger partial charge in [0.25, 0.3) is 0 Å². The van der Waals surface area contributed by atoms with E-state index in [4.69, 9.17) is 10.6 Å². The van der Waals surface area contributed by atoms with Crippen LogP contribution in [0.4, 0.5) is 13.2 Å². The Hall–Kier alpha value is -1.83. The van der Waals surface area contributed by atoms with Crippen molar-refractivity contribution in [1.29, 1.82) is 0 Å².